The molecule has 0 aromatic heterocycles. The largest absolute Gasteiger partial charge is 0.496 e. The first-order valence-electron chi connectivity index (χ1n) is 6.77. The van der Waals surface area contributed by atoms with Gasteiger partial charge in [-0.3, -0.25) is 4.79 Å². The van der Waals surface area contributed by atoms with Crippen LogP contribution in [0.4, 0.5) is 5.69 Å². The lowest BCUT2D eigenvalue weighted by Crippen LogP contribution is -2.14. The van der Waals surface area contributed by atoms with E-state index < -0.39 is 5.91 Å². The van der Waals surface area contributed by atoms with Crippen molar-refractivity contribution < 1.29 is 9.53 Å². The molecule has 22 heavy (non-hydrogen) atoms. The van der Waals surface area contributed by atoms with Gasteiger partial charge < -0.3 is 10.1 Å². The molecule has 0 aliphatic rings. The van der Waals surface area contributed by atoms with Gasteiger partial charge in [0.05, 0.1) is 7.11 Å². The van der Waals surface area contributed by atoms with Gasteiger partial charge in [-0.1, -0.05) is 36.4 Å². The van der Waals surface area contributed by atoms with Crippen molar-refractivity contribution in [3.8, 4) is 11.8 Å². The number of rotatable bonds is 4. The van der Waals surface area contributed by atoms with E-state index in [9.17, 15) is 10.1 Å². The number of para-hydroxylation sites is 2. The zero-order valence-corrected chi connectivity index (χ0v) is 12.5. The highest BCUT2D eigenvalue weighted by atomic mass is 16.5. The third-order valence-electron chi connectivity index (χ3n) is 3.20. The number of carbonyl (C=O) groups excluding carboxylic acids is 1. The molecule has 1 N–H and O–H groups in total. The number of methoxy groups -OCH3 is 1. The summed E-state index contributed by atoms with van der Waals surface area (Å²) >= 11 is 0. The van der Waals surface area contributed by atoms with Gasteiger partial charge in [0.15, 0.2) is 0 Å². The number of amides is 1. The van der Waals surface area contributed by atoms with Crippen LogP contribution >= 0.6 is 0 Å². The summed E-state index contributed by atoms with van der Waals surface area (Å²) in [4.78, 5) is 12.3. The van der Waals surface area contributed by atoms with Crippen LogP contribution in [-0.4, -0.2) is 13.0 Å². The smallest absolute Gasteiger partial charge is 0.266 e. The van der Waals surface area contributed by atoms with Gasteiger partial charge in [-0.2, -0.15) is 5.26 Å². The van der Waals surface area contributed by atoms with Crippen LogP contribution in [0, 0.1) is 18.3 Å². The monoisotopic (exact) mass is 292 g/mol. The maximum atomic E-state index is 12.3. The summed E-state index contributed by atoms with van der Waals surface area (Å²) in [5, 5.41) is 12.0. The third kappa shape index (κ3) is 3.53. The van der Waals surface area contributed by atoms with E-state index in [4.69, 9.17) is 4.74 Å². The van der Waals surface area contributed by atoms with Crippen molar-refractivity contribution in [2.24, 2.45) is 0 Å². The van der Waals surface area contributed by atoms with Gasteiger partial charge in [-0.15, -0.1) is 0 Å². The van der Waals surface area contributed by atoms with Crippen LogP contribution in [0.5, 0.6) is 5.75 Å². The standard InChI is InChI=1S/C18H16N2O2/c1-13-7-3-5-9-16(13)20-18(21)15(12-19)11-14-8-4-6-10-17(14)22-2/h3-11H,1-2H3,(H,20,21)/b15-11-. The number of hydrogen-bond acceptors (Lipinski definition) is 3. The van der Waals surface area contributed by atoms with Crippen molar-refractivity contribution in [2.45, 2.75) is 6.92 Å². The Kier molecular flexibility index (Phi) is 4.94. The normalized spacial score (nSPS) is 10.7. The van der Waals surface area contributed by atoms with E-state index in [1.54, 1.807) is 25.3 Å². The molecule has 0 saturated heterocycles. The molecule has 2 aromatic carbocycles. The van der Waals surface area contributed by atoms with Crippen LogP contribution < -0.4 is 10.1 Å². The summed E-state index contributed by atoms with van der Waals surface area (Å²) < 4.78 is 5.22. The zero-order valence-electron chi connectivity index (χ0n) is 12.5. The molecule has 1 amide bonds. The summed E-state index contributed by atoms with van der Waals surface area (Å²) in [5.74, 6) is 0.168. The molecule has 0 aliphatic heterocycles. The summed E-state index contributed by atoms with van der Waals surface area (Å²) in [7, 11) is 1.55. The Bertz CT molecular complexity index is 758. The number of nitrogens with zero attached hydrogens (tertiary/aromatic N) is 1. The minimum Gasteiger partial charge on any atom is -0.496 e. The number of anilines is 1. The van der Waals surface area contributed by atoms with E-state index in [0.717, 1.165) is 5.56 Å². The highest BCUT2D eigenvalue weighted by Gasteiger charge is 2.11. The van der Waals surface area contributed by atoms with Crippen LogP contribution in [-0.2, 0) is 4.79 Å². The molecule has 2 aromatic rings. The molecule has 0 atom stereocenters. The fraction of sp³-hybridized carbons (Fsp3) is 0.111. The number of nitriles is 1. The van der Waals surface area contributed by atoms with Gasteiger partial charge in [-0.25, -0.2) is 0 Å². The Hall–Kier alpha value is -3.06. The van der Waals surface area contributed by atoms with E-state index >= 15 is 0 Å². The minimum atomic E-state index is -0.442. The number of carbonyl (C=O) groups is 1. The van der Waals surface area contributed by atoms with Crippen LogP contribution in [0.15, 0.2) is 54.1 Å². The quantitative estimate of drug-likeness (QED) is 0.692. The second kappa shape index (κ2) is 7.09. The van der Waals surface area contributed by atoms with Crippen molar-refractivity contribution >= 4 is 17.7 Å². The number of nitrogens with one attached hydrogen (secondary N) is 1. The number of hydrogen-bond donors (Lipinski definition) is 1. The van der Waals surface area contributed by atoms with Crippen LogP contribution in [0.25, 0.3) is 6.08 Å². The first kappa shape index (κ1) is 15.3. The molecule has 0 spiro atoms. The van der Waals surface area contributed by atoms with Gasteiger partial charge in [0.25, 0.3) is 5.91 Å². The van der Waals surface area contributed by atoms with Crippen LogP contribution in [0.2, 0.25) is 0 Å². The Labute approximate surface area is 129 Å². The molecular formula is C18H16N2O2. The lowest BCUT2D eigenvalue weighted by atomic mass is 10.1. The minimum absolute atomic E-state index is 0.0211. The Balaban J connectivity index is 2.28. The van der Waals surface area contributed by atoms with E-state index in [1.807, 2.05) is 43.3 Å². The first-order chi connectivity index (χ1) is 10.7. The summed E-state index contributed by atoms with van der Waals surface area (Å²) in [5.41, 5.74) is 2.33. The number of aryl methyl sites for hydroxylation is 1. The second-order valence-corrected chi connectivity index (χ2v) is 4.68. The lowest BCUT2D eigenvalue weighted by molar-refractivity contribution is -0.112. The van der Waals surface area contributed by atoms with Gasteiger partial charge >= 0.3 is 0 Å². The summed E-state index contributed by atoms with van der Waals surface area (Å²) in [6, 6.07) is 16.6. The SMILES string of the molecule is COc1ccccc1/C=C(/C#N)C(=O)Nc1ccccc1C. The molecule has 4 nitrogen and oxygen atoms in total. The Morgan fingerprint density at radius 3 is 2.55 bits per heavy atom. The van der Waals surface area contributed by atoms with Crippen molar-refractivity contribution in [1.29, 1.82) is 5.26 Å². The average Bonchev–Trinajstić information content (AvgIpc) is 2.55. The van der Waals surface area contributed by atoms with Gasteiger partial charge in [0, 0.05) is 11.3 Å². The molecule has 110 valence electrons. The van der Waals surface area contributed by atoms with Gasteiger partial charge in [0.1, 0.15) is 17.4 Å². The van der Waals surface area contributed by atoms with Crippen molar-refractivity contribution in [3.05, 3.63) is 65.2 Å². The van der Waals surface area contributed by atoms with Gasteiger partial charge in [0.2, 0.25) is 0 Å². The maximum absolute atomic E-state index is 12.3. The predicted molar refractivity (Wildman–Crippen MR) is 86.4 cm³/mol. The molecule has 2 rings (SSSR count). The van der Waals surface area contributed by atoms with Crippen LogP contribution in [0.1, 0.15) is 11.1 Å². The molecule has 4 heteroatoms. The molecule has 0 fully saturated rings. The Morgan fingerprint density at radius 2 is 1.86 bits per heavy atom. The lowest BCUT2D eigenvalue weighted by Gasteiger charge is -2.08. The first-order valence-corrected chi connectivity index (χ1v) is 6.77. The second-order valence-electron chi connectivity index (χ2n) is 4.68. The average molecular weight is 292 g/mol. The fourth-order valence-electron chi connectivity index (χ4n) is 1.99. The molecule has 0 heterocycles. The van der Waals surface area contributed by atoms with E-state index in [-0.39, 0.29) is 5.57 Å². The van der Waals surface area contributed by atoms with E-state index in [2.05, 4.69) is 5.32 Å². The van der Waals surface area contributed by atoms with E-state index in [1.165, 1.54) is 6.08 Å². The zero-order chi connectivity index (χ0) is 15.9. The van der Waals surface area contributed by atoms with Crippen molar-refractivity contribution in [3.63, 3.8) is 0 Å². The predicted octanol–water partition coefficient (Wildman–Crippen LogP) is 3.55. The third-order valence-corrected chi connectivity index (χ3v) is 3.20. The number of ether oxygens (including phenoxy) is 1. The van der Waals surface area contributed by atoms with E-state index in [0.29, 0.717) is 17.0 Å². The molecule has 0 radical (unpaired) electrons. The molecule has 0 saturated carbocycles. The topological polar surface area (TPSA) is 62.1 Å². The highest BCUT2D eigenvalue weighted by molar-refractivity contribution is 6.10. The Morgan fingerprint density at radius 1 is 1.18 bits per heavy atom. The summed E-state index contributed by atoms with van der Waals surface area (Å²) in [6.07, 6.45) is 1.52. The molecular weight excluding hydrogens is 276 g/mol. The molecule has 0 bridgehead atoms. The van der Waals surface area contributed by atoms with Crippen molar-refractivity contribution in [1.82, 2.24) is 0 Å². The van der Waals surface area contributed by atoms with Gasteiger partial charge in [-0.05, 0) is 30.7 Å². The van der Waals surface area contributed by atoms with Crippen molar-refractivity contribution in [2.75, 3.05) is 12.4 Å². The number of benzene rings is 2. The fourth-order valence-corrected chi connectivity index (χ4v) is 1.99. The summed E-state index contributed by atoms with van der Waals surface area (Å²) in [6.45, 7) is 1.89. The van der Waals surface area contributed by atoms with Crippen LogP contribution in [0.3, 0.4) is 0 Å². The molecule has 0 unspecified atom stereocenters. The maximum Gasteiger partial charge on any atom is 0.266 e. The highest BCUT2D eigenvalue weighted by Crippen LogP contribution is 2.21. The molecule has 0 aliphatic carbocycles.